The summed E-state index contributed by atoms with van der Waals surface area (Å²) < 4.78 is 18.6. The summed E-state index contributed by atoms with van der Waals surface area (Å²) in [6.45, 7) is 14.5. The minimum absolute atomic E-state index is 0. The highest BCUT2D eigenvalue weighted by Crippen LogP contribution is 2.40. The summed E-state index contributed by atoms with van der Waals surface area (Å²) in [6, 6.07) is 9.72. The molecule has 0 atom stereocenters. The van der Waals surface area contributed by atoms with Crippen LogP contribution in [0.25, 0.3) is 10.2 Å². The van der Waals surface area contributed by atoms with Crippen LogP contribution >= 0.6 is 35.5 Å². The first-order chi connectivity index (χ1) is 17.5. The average Bonchev–Trinajstić information content (AvgIpc) is 3.31. The molecule has 0 unspecified atom stereocenters. The Morgan fingerprint density at radius 2 is 1.54 bits per heavy atom. The van der Waals surface area contributed by atoms with Gasteiger partial charge in [0.2, 0.25) is 5.75 Å². The van der Waals surface area contributed by atoms with E-state index < -0.39 is 0 Å². The zero-order valence-corrected chi connectivity index (χ0v) is 25.0. The number of amides is 1. The van der Waals surface area contributed by atoms with Crippen LogP contribution in [0.2, 0.25) is 0 Å². The van der Waals surface area contributed by atoms with Gasteiger partial charge in [0.25, 0.3) is 5.91 Å². The molecule has 0 radical (unpaired) electrons. The molecule has 0 fully saturated rings. The molecular weight excluding hydrogens is 530 g/mol. The number of carbonyl (C=O) groups is 1. The molecule has 10 heteroatoms. The first kappa shape index (κ1) is 31.0. The van der Waals surface area contributed by atoms with Gasteiger partial charge in [0, 0.05) is 23.5 Å². The maximum absolute atomic E-state index is 14.0. The second-order valence-electron chi connectivity index (χ2n) is 7.91. The van der Waals surface area contributed by atoms with Crippen molar-refractivity contribution in [3.8, 4) is 17.2 Å². The van der Waals surface area contributed by atoms with Gasteiger partial charge >= 0.3 is 0 Å². The van der Waals surface area contributed by atoms with Crippen LogP contribution in [0.4, 0.5) is 5.13 Å². The zero-order valence-electron chi connectivity index (χ0n) is 22.5. The fourth-order valence-electron chi connectivity index (χ4n) is 3.87. The number of aromatic nitrogens is 1. The molecule has 204 valence electrons. The number of ether oxygens (including phenoxy) is 3. The lowest BCUT2D eigenvalue weighted by atomic mass is 10.1. The molecule has 2 aromatic carbocycles. The summed E-state index contributed by atoms with van der Waals surface area (Å²) in [6.07, 6.45) is 2.06. The van der Waals surface area contributed by atoms with E-state index in [1.54, 1.807) is 28.8 Å². The van der Waals surface area contributed by atoms with Crippen LogP contribution in [0.15, 0.2) is 35.2 Å². The van der Waals surface area contributed by atoms with Gasteiger partial charge in [-0.2, -0.15) is 0 Å². The number of carbonyl (C=O) groups excluding carboxylic acids is 1. The molecular formula is C27H38ClN3O4S2. The van der Waals surface area contributed by atoms with Crippen LogP contribution in [-0.4, -0.2) is 68.0 Å². The number of anilines is 1. The summed E-state index contributed by atoms with van der Waals surface area (Å²) >= 11 is 3.23. The van der Waals surface area contributed by atoms with Gasteiger partial charge in [-0.05, 0) is 70.4 Å². The standard InChI is InChI=1S/C27H37N3O4S2.ClH/c1-7-29(8-2)14-15-30(27-28-21-13-12-20(35-6)18-24(21)36-27)26(31)19-16-22(32-9-3)25(34-11-5)23(17-19)33-10-4;/h12-13,16-18H,7-11,14-15H2,1-6H3;1H. The quantitative estimate of drug-likeness (QED) is 0.203. The molecule has 0 saturated heterocycles. The lowest BCUT2D eigenvalue weighted by molar-refractivity contribution is 0.0982. The van der Waals surface area contributed by atoms with Gasteiger partial charge in [0.15, 0.2) is 16.6 Å². The first-order valence-electron chi connectivity index (χ1n) is 12.5. The van der Waals surface area contributed by atoms with Crippen LogP contribution in [0, 0.1) is 0 Å². The van der Waals surface area contributed by atoms with E-state index in [9.17, 15) is 4.79 Å². The molecule has 7 nitrogen and oxygen atoms in total. The number of thiazole rings is 1. The van der Waals surface area contributed by atoms with Gasteiger partial charge in [-0.15, -0.1) is 24.2 Å². The van der Waals surface area contributed by atoms with Gasteiger partial charge in [0.1, 0.15) is 0 Å². The highest BCUT2D eigenvalue weighted by molar-refractivity contribution is 7.98. The molecule has 0 aliphatic rings. The van der Waals surface area contributed by atoms with Crippen molar-refractivity contribution in [2.45, 2.75) is 39.5 Å². The predicted molar refractivity (Wildman–Crippen MR) is 158 cm³/mol. The molecule has 0 spiro atoms. The Morgan fingerprint density at radius 1 is 0.919 bits per heavy atom. The van der Waals surface area contributed by atoms with Crippen LogP contribution in [-0.2, 0) is 0 Å². The van der Waals surface area contributed by atoms with E-state index >= 15 is 0 Å². The van der Waals surface area contributed by atoms with E-state index in [0.29, 0.717) is 54.3 Å². The molecule has 1 amide bonds. The summed E-state index contributed by atoms with van der Waals surface area (Å²) in [5, 5.41) is 0.685. The van der Waals surface area contributed by atoms with E-state index in [4.69, 9.17) is 19.2 Å². The van der Waals surface area contributed by atoms with Crippen LogP contribution in [0.3, 0.4) is 0 Å². The number of fused-ring (bicyclic) bond motifs is 1. The fraction of sp³-hybridized carbons (Fsp3) is 0.481. The molecule has 3 rings (SSSR count). The monoisotopic (exact) mass is 567 g/mol. The van der Waals surface area contributed by atoms with Crippen molar-refractivity contribution < 1.29 is 19.0 Å². The summed E-state index contributed by atoms with van der Waals surface area (Å²) in [7, 11) is 0. The third-order valence-corrected chi connectivity index (χ3v) is 7.52. The Balaban J connectivity index is 0.00000481. The third kappa shape index (κ3) is 7.66. The first-order valence-corrected chi connectivity index (χ1v) is 14.6. The van der Waals surface area contributed by atoms with Crippen molar-refractivity contribution in [1.29, 1.82) is 0 Å². The minimum atomic E-state index is -0.142. The molecule has 37 heavy (non-hydrogen) atoms. The van der Waals surface area contributed by atoms with Crippen molar-refractivity contribution in [3.05, 3.63) is 35.9 Å². The molecule has 1 heterocycles. The van der Waals surface area contributed by atoms with E-state index in [-0.39, 0.29) is 18.3 Å². The Hall–Kier alpha value is -2.20. The smallest absolute Gasteiger partial charge is 0.260 e. The largest absolute Gasteiger partial charge is 0.490 e. The second-order valence-corrected chi connectivity index (χ2v) is 9.80. The van der Waals surface area contributed by atoms with E-state index in [1.165, 1.54) is 16.2 Å². The Kier molecular flexibility index (Phi) is 12.8. The number of nitrogens with zero attached hydrogens (tertiary/aromatic N) is 3. The van der Waals surface area contributed by atoms with Crippen LogP contribution < -0.4 is 19.1 Å². The van der Waals surface area contributed by atoms with Crippen molar-refractivity contribution in [2.24, 2.45) is 0 Å². The van der Waals surface area contributed by atoms with Crippen molar-refractivity contribution in [1.82, 2.24) is 9.88 Å². The SMILES string of the molecule is CCOc1cc(C(=O)N(CCN(CC)CC)c2nc3ccc(SC)cc3s2)cc(OCC)c1OCC.Cl. The highest BCUT2D eigenvalue weighted by Gasteiger charge is 2.25. The summed E-state index contributed by atoms with van der Waals surface area (Å²) in [4.78, 5) is 24.1. The predicted octanol–water partition coefficient (Wildman–Crippen LogP) is 6.62. The number of hydrogen-bond donors (Lipinski definition) is 0. The van der Waals surface area contributed by atoms with Crippen molar-refractivity contribution >= 4 is 56.8 Å². The lowest BCUT2D eigenvalue weighted by Gasteiger charge is -2.25. The zero-order chi connectivity index (χ0) is 26.1. The molecule has 0 aliphatic carbocycles. The molecule has 0 aliphatic heterocycles. The summed E-state index contributed by atoms with van der Waals surface area (Å²) in [5.41, 5.74) is 1.37. The van der Waals surface area contributed by atoms with E-state index in [2.05, 4.69) is 37.1 Å². The minimum Gasteiger partial charge on any atom is -0.490 e. The van der Waals surface area contributed by atoms with E-state index in [0.717, 1.165) is 29.9 Å². The average molecular weight is 568 g/mol. The lowest BCUT2D eigenvalue weighted by Crippen LogP contribution is -2.38. The highest BCUT2D eigenvalue weighted by atomic mass is 35.5. The number of rotatable bonds is 14. The maximum atomic E-state index is 14.0. The van der Waals surface area contributed by atoms with Crippen molar-refractivity contribution in [3.63, 3.8) is 0 Å². The Morgan fingerprint density at radius 3 is 2.08 bits per heavy atom. The topological polar surface area (TPSA) is 64.1 Å². The van der Waals surface area contributed by atoms with Gasteiger partial charge in [-0.25, -0.2) is 4.98 Å². The van der Waals surface area contributed by atoms with Crippen LogP contribution in [0.5, 0.6) is 17.2 Å². The molecule has 0 N–H and O–H groups in total. The normalized spacial score (nSPS) is 10.9. The number of thioether (sulfide) groups is 1. The third-order valence-electron chi connectivity index (χ3n) is 5.75. The van der Waals surface area contributed by atoms with Crippen LogP contribution in [0.1, 0.15) is 45.0 Å². The Bertz CT molecular complexity index is 1130. The van der Waals surface area contributed by atoms with Gasteiger partial charge in [0.05, 0.1) is 30.0 Å². The molecule has 1 aromatic heterocycles. The molecule has 3 aromatic rings. The van der Waals surface area contributed by atoms with Gasteiger partial charge in [-0.3, -0.25) is 9.69 Å². The van der Waals surface area contributed by atoms with Crippen molar-refractivity contribution in [2.75, 3.05) is 57.2 Å². The fourth-order valence-corrected chi connectivity index (χ4v) is 5.41. The van der Waals surface area contributed by atoms with E-state index in [1.807, 2.05) is 26.8 Å². The Labute approximate surface area is 234 Å². The molecule has 0 saturated carbocycles. The number of likely N-dealkylation sites (N-methyl/N-ethyl adjacent to an activating group) is 1. The summed E-state index contributed by atoms with van der Waals surface area (Å²) in [5.74, 6) is 1.39. The second kappa shape index (κ2) is 15.3. The maximum Gasteiger partial charge on any atom is 0.260 e. The van der Waals surface area contributed by atoms with Gasteiger partial charge < -0.3 is 19.1 Å². The number of hydrogen-bond acceptors (Lipinski definition) is 8. The number of halogens is 1. The molecule has 0 bridgehead atoms. The number of benzene rings is 2. The van der Waals surface area contributed by atoms with Gasteiger partial charge in [-0.1, -0.05) is 25.2 Å².